The Bertz CT molecular complexity index is 657. The third-order valence-electron chi connectivity index (χ3n) is 3.83. The molecule has 0 fully saturated rings. The predicted molar refractivity (Wildman–Crippen MR) is 77.5 cm³/mol. The number of nitrogens with one attached hydrogen (secondary N) is 1. The van der Waals surface area contributed by atoms with Gasteiger partial charge in [0.15, 0.2) is 11.6 Å². The molecule has 110 valence electrons. The van der Waals surface area contributed by atoms with Crippen LogP contribution in [0.25, 0.3) is 0 Å². The fourth-order valence-corrected chi connectivity index (χ4v) is 2.78. The maximum absolute atomic E-state index is 13.4. The molecular weight excluding hydrogens is 272 g/mol. The van der Waals surface area contributed by atoms with Crippen molar-refractivity contribution in [3.63, 3.8) is 0 Å². The highest BCUT2D eigenvalue weighted by molar-refractivity contribution is 5.42. The standard InChI is InChI=1S/C17H17F2NO/c1-20-17(13-4-6-14(18)15(19)10-13)12-5-7-16-11(9-12)3-2-8-21-16/h4-7,9-10,17,20H,2-3,8H2,1H3. The number of aryl methyl sites for hydroxylation is 1. The smallest absolute Gasteiger partial charge is 0.159 e. The normalized spacial score (nSPS) is 15.2. The molecule has 1 atom stereocenters. The van der Waals surface area contributed by atoms with Gasteiger partial charge in [0.25, 0.3) is 0 Å². The Labute approximate surface area is 122 Å². The molecule has 0 bridgehead atoms. The van der Waals surface area contributed by atoms with E-state index in [0.29, 0.717) is 5.56 Å². The van der Waals surface area contributed by atoms with Crippen LogP contribution >= 0.6 is 0 Å². The second kappa shape index (κ2) is 5.82. The van der Waals surface area contributed by atoms with E-state index in [1.54, 1.807) is 6.07 Å². The minimum Gasteiger partial charge on any atom is -0.493 e. The van der Waals surface area contributed by atoms with Crippen LogP contribution in [0.2, 0.25) is 0 Å². The van der Waals surface area contributed by atoms with E-state index in [1.165, 1.54) is 11.6 Å². The Balaban J connectivity index is 1.97. The molecule has 2 aromatic rings. The highest BCUT2D eigenvalue weighted by atomic mass is 19.2. The summed E-state index contributed by atoms with van der Waals surface area (Å²) in [6, 6.07) is 9.84. The van der Waals surface area contributed by atoms with Crippen LogP contribution < -0.4 is 10.1 Å². The molecule has 1 N–H and O–H groups in total. The first-order valence-corrected chi connectivity index (χ1v) is 7.07. The molecule has 3 rings (SSSR count). The van der Waals surface area contributed by atoms with E-state index in [1.807, 2.05) is 19.2 Å². The van der Waals surface area contributed by atoms with Gasteiger partial charge in [0, 0.05) is 0 Å². The van der Waals surface area contributed by atoms with Gasteiger partial charge >= 0.3 is 0 Å². The second-order valence-corrected chi connectivity index (χ2v) is 5.21. The molecule has 0 aliphatic carbocycles. The summed E-state index contributed by atoms with van der Waals surface area (Å²) in [5, 5.41) is 3.16. The first-order chi connectivity index (χ1) is 10.2. The zero-order valence-electron chi connectivity index (χ0n) is 11.8. The lowest BCUT2D eigenvalue weighted by Gasteiger charge is -2.22. The van der Waals surface area contributed by atoms with Gasteiger partial charge in [-0.05, 0) is 54.8 Å². The molecule has 0 saturated heterocycles. The fraction of sp³-hybridized carbons (Fsp3) is 0.294. The molecule has 0 spiro atoms. The van der Waals surface area contributed by atoms with Crippen LogP contribution in [0.3, 0.4) is 0 Å². The average Bonchev–Trinajstić information content (AvgIpc) is 2.51. The summed E-state index contributed by atoms with van der Waals surface area (Å²) < 4.78 is 32.1. The zero-order valence-corrected chi connectivity index (χ0v) is 11.8. The summed E-state index contributed by atoms with van der Waals surface area (Å²) in [4.78, 5) is 0. The van der Waals surface area contributed by atoms with Crippen molar-refractivity contribution in [1.82, 2.24) is 5.32 Å². The van der Waals surface area contributed by atoms with E-state index in [0.717, 1.165) is 36.8 Å². The molecule has 1 aliphatic heterocycles. The number of fused-ring (bicyclic) bond motifs is 1. The Morgan fingerprint density at radius 2 is 1.81 bits per heavy atom. The van der Waals surface area contributed by atoms with E-state index >= 15 is 0 Å². The van der Waals surface area contributed by atoms with Gasteiger partial charge in [0.2, 0.25) is 0 Å². The monoisotopic (exact) mass is 289 g/mol. The minimum absolute atomic E-state index is 0.174. The van der Waals surface area contributed by atoms with E-state index in [-0.39, 0.29) is 6.04 Å². The highest BCUT2D eigenvalue weighted by Crippen LogP contribution is 2.30. The SMILES string of the molecule is CNC(c1ccc(F)c(F)c1)c1ccc2c(c1)CCCO2. The Morgan fingerprint density at radius 3 is 2.57 bits per heavy atom. The van der Waals surface area contributed by atoms with Crippen LogP contribution in [0.5, 0.6) is 5.75 Å². The van der Waals surface area contributed by atoms with Crippen LogP contribution in [0.15, 0.2) is 36.4 Å². The molecule has 2 aromatic carbocycles. The van der Waals surface area contributed by atoms with Gasteiger partial charge in [-0.2, -0.15) is 0 Å². The van der Waals surface area contributed by atoms with Gasteiger partial charge in [-0.25, -0.2) is 8.78 Å². The largest absolute Gasteiger partial charge is 0.493 e. The summed E-state index contributed by atoms with van der Waals surface area (Å²) in [5.41, 5.74) is 2.89. The third-order valence-corrected chi connectivity index (χ3v) is 3.83. The molecule has 1 unspecified atom stereocenters. The minimum atomic E-state index is -0.826. The number of ether oxygens (including phenoxy) is 1. The zero-order chi connectivity index (χ0) is 14.8. The summed E-state index contributed by atoms with van der Waals surface area (Å²) in [7, 11) is 1.81. The second-order valence-electron chi connectivity index (χ2n) is 5.21. The van der Waals surface area contributed by atoms with Crippen LogP contribution in [0.4, 0.5) is 8.78 Å². The molecule has 0 saturated carbocycles. The number of rotatable bonds is 3. The van der Waals surface area contributed by atoms with Crippen molar-refractivity contribution in [3.8, 4) is 5.75 Å². The lowest BCUT2D eigenvalue weighted by atomic mass is 9.95. The Morgan fingerprint density at radius 1 is 1.05 bits per heavy atom. The number of halogens is 2. The quantitative estimate of drug-likeness (QED) is 0.932. The van der Waals surface area contributed by atoms with Gasteiger partial charge < -0.3 is 10.1 Å². The average molecular weight is 289 g/mol. The molecule has 1 aliphatic rings. The summed E-state index contributed by atoms with van der Waals surface area (Å²) in [6.45, 7) is 0.755. The van der Waals surface area contributed by atoms with Crippen molar-refractivity contribution in [1.29, 1.82) is 0 Å². The molecule has 4 heteroatoms. The van der Waals surface area contributed by atoms with Crippen molar-refractivity contribution in [3.05, 3.63) is 64.7 Å². The molecule has 0 radical (unpaired) electrons. The van der Waals surface area contributed by atoms with Crippen LogP contribution in [0.1, 0.15) is 29.2 Å². The number of hydrogen-bond donors (Lipinski definition) is 1. The molecular formula is C17H17F2NO. The molecule has 2 nitrogen and oxygen atoms in total. The number of benzene rings is 2. The Hall–Kier alpha value is -1.94. The maximum atomic E-state index is 13.4. The van der Waals surface area contributed by atoms with E-state index in [2.05, 4.69) is 11.4 Å². The van der Waals surface area contributed by atoms with Gasteiger partial charge in [0.1, 0.15) is 5.75 Å². The first kappa shape index (κ1) is 14.0. The van der Waals surface area contributed by atoms with E-state index in [4.69, 9.17) is 4.74 Å². The van der Waals surface area contributed by atoms with Crippen LogP contribution in [0, 0.1) is 11.6 Å². The molecule has 0 aromatic heterocycles. The molecule has 1 heterocycles. The van der Waals surface area contributed by atoms with Gasteiger partial charge in [0.05, 0.1) is 12.6 Å². The summed E-state index contributed by atoms with van der Waals surface area (Å²) in [6.07, 6.45) is 1.99. The topological polar surface area (TPSA) is 21.3 Å². The first-order valence-electron chi connectivity index (χ1n) is 7.07. The summed E-state index contributed by atoms with van der Waals surface area (Å²) >= 11 is 0. The van der Waals surface area contributed by atoms with Gasteiger partial charge in [-0.15, -0.1) is 0 Å². The number of hydrogen-bond acceptors (Lipinski definition) is 2. The van der Waals surface area contributed by atoms with Gasteiger partial charge in [-0.1, -0.05) is 18.2 Å². The van der Waals surface area contributed by atoms with Gasteiger partial charge in [-0.3, -0.25) is 0 Å². The maximum Gasteiger partial charge on any atom is 0.159 e. The van der Waals surface area contributed by atoms with Crippen LogP contribution in [-0.2, 0) is 6.42 Å². The molecule has 21 heavy (non-hydrogen) atoms. The Kier molecular flexibility index (Phi) is 3.88. The highest BCUT2D eigenvalue weighted by Gasteiger charge is 2.17. The van der Waals surface area contributed by atoms with E-state index in [9.17, 15) is 8.78 Å². The van der Waals surface area contributed by atoms with Crippen LogP contribution in [-0.4, -0.2) is 13.7 Å². The van der Waals surface area contributed by atoms with Crippen molar-refractivity contribution in [2.45, 2.75) is 18.9 Å². The predicted octanol–water partition coefficient (Wildman–Crippen LogP) is 3.60. The van der Waals surface area contributed by atoms with Crippen molar-refractivity contribution < 1.29 is 13.5 Å². The fourth-order valence-electron chi connectivity index (χ4n) is 2.78. The lowest BCUT2D eigenvalue weighted by molar-refractivity contribution is 0.288. The van der Waals surface area contributed by atoms with Crippen molar-refractivity contribution >= 4 is 0 Å². The van der Waals surface area contributed by atoms with E-state index < -0.39 is 11.6 Å². The molecule has 0 amide bonds. The van der Waals surface area contributed by atoms with Crippen molar-refractivity contribution in [2.75, 3.05) is 13.7 Å². The summed E-state index contributed by atoms with van der Waals surface area (Å²) in [5.74, 6) is -0.730. The third kappa shape index (κ3) is 2.76. The lowest BCUT2D eigenvalue weighted by Crippen LogP contribution is -2.19. The van der Waals surface area contributed by atoms with Crippen molar-refractivity contribution in [2.24, 2.45) is 0 Å².